The Kier molecular flexibility index (Phi) is 4.84. The molecule has 0 unspecified atom stereocenters. The molecule has 0 spiro atoms. The van der Waals surface area contributed by atoms with Gasteiger partial charge in [-0.3, -0.25) is 0 Å². The summed E-state index contributed by atoms with van der Waals surface area (Å²) in [7, 11) is 0. The summed E-state index contributed by atoms with van der Waals surface area (Å²) in [6.45, 7) is 3.84. The predicted octanol–water partition coefficient (Wildman–Crippen LogP) is 3.56. The molecule has 0 saturated heterocycles. The molecule has 2 aromatic carbocycles. The van der Waals surface area contributed by atoms with Crippen LogP contribution in [0.25, 0.3) is 11.1 Å². The van der Waals surface area contributed by atoms with Gasteiger partial charge in [-0.2, -0.15) is 0 Å². The number of hydrogen-bond acceptors (Lipinski definition) is 3. The van der Waals surface area contributed by atoms with Crippen molar-refractivity contribution in [2.24, 2.45) is 0 Å². The van der Waals surface area contributed by atoms with Crippen molar-refractivity contribution in [1.82, 2.24) is 5.32 Å². The van der Waals surface area contributed by atoms with E-state index in [4.69, 9.17) is 9.84 Å². The Labute approximate surface area is 145 Å². The Morgan fingerprint density at radius 3 is 2.16 bits per heavy atom. The molecule has 128 valence electrons. The number of carbonyl (C=O) groups is 2. The number of alkyl carbamates (subject to hydrolysis) is 1. The van der Waals surface area contributed by atoms with Crippen molar-refractivity contribution in [3.8, 4) is 11.1 Å². The van der Waals surface area contributed by atoms with Crippen LogP contribution in [0.5, 0.6) is 0 Å². The first-order valence-electron chi connectivity index (χ1n) is 8.08. The Morgan fingerprint density at radius 1 is 1.04 bits per heavy atom. The van der Waals surface area contributed by atoms with Crippen LogP contribution in [0, 0.1) is 0 Å². The number of nitrogens with one attached hydrogen (secondary N) is 1. The van der Waals surface area contributed by atoms with E-state index in [0.29, 0.717) is 0 Å². The highest BCUT2D eigenvalue weighted by atomic mass is 16.5. The summed E-state index contributed by atoms with van der Waals surface area (Å²) in [6, 6.07) is 16.2. The van der Waals surface area contributed by atoms with Crippen LogP contribution < -0.4 is 5.32 Å². The third kappa shape index (κ3) is 3.55. The minimum absolute atomic E-state index is 0.00661. The number of fused-ring (bicyclic) bond motifs is 3. The quantitative estimate of drug-likeness (QED) is 0.790. The molecule has 1 aliphatic rings. The first-order valence-corrected chi connectivity index (χ1v) is 8.08. The van der Waals surface area contributed by atoms with Crippen molar-refractivity contribution in [3.05, 3.63) is 71.8 Å². The summed E-state index contributed by atoms with van der Waals surface area (Å²) < 4.78 is 5.35. The minimum atomic E-state index is -1.06. The molecule has 5 nitrogen and oxygen atoms in total. The second kappa shape index (κ2) is 7.21. The van der Waals surface area contributed by atoms with Gasteiger partial charge in [0.15, 0.2) is 0 Å². The van der Waals surface area contributed by atoms with Crippen LogP contribution in [0.4, 0.5) is 4.79 Å². The van der Waals surface area contributed by atoms with Crippen molar-refractivity contribution in [2.45, 2.75) is 12.3 Å². The second-order valence-corrected chi connectivity index (χ2v) is 5.91. The largest absolute Gasteiger partial charge is 0.478 e. The van der Waals surface area contributed by atoms with E-state index >= 15 is 0 Å². The average Bonchev–Trinajstić information content (AvgIpc) is 2.94. The lowest BCUT2D eigenvalue weighted by Gasteiger charge is -2.14. The van der Waals surface area contributed by atoms with Crippen LogP contribution in [0.15, 0.2) is 60.7 Å². The predicted molar refractivity (Wildman–Crippen MR) is 94.5 cm³/mol. The molecule has 0 bridgehead atoms. The standard InChI is InChI=1S/C20H19NO4/c1-13(19(22)23)10-11-21-20(24)25-12-18-16-8-4-2-6-14(16)15-7-3-5-9-17(15)18/h2-9,18H,1,10-12H2,(H,21,24)(H,22,23). The average molecular weight is 337 g/mol. The second-order valence-electron chi connectivity index (χ2n) is 5.91. The van der Waals surface area contributed by atoms with Gasteiger partial charge in [-0.25, -0.2) is 9.59 Å². The third-order valence-electron chi connectivity index (χ3n) is 4.34. The number of carbonyl (C=O) groups excluding carboxylic acids is 1. The van der Waals surface area contributed by atoms with Crippen LogP contribution >= 0.6 is 0 Å². The smallest absolute Gasteiger partial charge is 0.407 e. The molecule has 0 aromatic heterocycles. The Bertz CT molecular complexity index is 782. The molecule has 3 rings (SSSR count). The number of ether oxygens (including phenoxy) is 1. The minimum Gasteiger partial charge on any atom is -0.478 e. The van der Waals surface area contributed by atoms with Crippen LogP contribution in [0.3, 0.4) is 0 Å². The topological polar surface area (TPSA) is 75.6 Å². The number of hydrogen-bond donors (Lipinski definition) is 2. The third-order valence-corrected chi connectivity index (χ3v) is 4.34. The molecule has 1 amide bonds. The fraction of sp³-hybridized carbons (Fsp3) is 0.200. The molecule has 0 fully saturated rings. The van der Waals surface area contributed by atoms with Gasteiger partial charge in [0.1, 0.15) is 6.61 Å². The van der Waals surface area contributed by atoms with Gasteiger partial charge in [0.2, 0.25) is 0 Å². The lowest BCUT2D eigenvalue weighted by molar-refractivity contribution is -0.132. The molecule has 0 radical (unpaired) electrons. The summed E-state index contributed by atoms with van der Waals surface area (Å²) in [6.07, 6.45) is -0.375. The highest BCUT2D eigenvalue weighted by Gasteiger charge is 2.28. The molecule has 25 heavy (non-hydrogen) atoms. The summed E-state index contributed by atoms with van der Waals surface area (Å²) in [4.78, 5) is 22.5. The molecule has 5 heteroatoms. The number of rotatable bonds is 6. The maximum absolute atomic E-state index is 11.9. The van der Waals surface area contributed by atoms with Gasteiger partial charge < -0.3 is 15.2 Å². The lowest BCUT2D eigenvalue weighted by atomic mass is 9.98. The Balaban J connectivity index is 1.61. The van der Waals surface area contributed by atoms with Gasteiger partial charge >= 0.3 is 12.1 Å². The van der Waals surface area contributed by atoms with E-state index in [1.807, 2.05) is 24.3 Å². The molecule has 0 atom stereocenters. The molecular weight excluding hydrogens is 318 g/mol. The normalized spacial score (nSPS) is 12.2. The first-order chi connectivity index (χ1) is 12.1. The van der Waals surface area contributed by atoms with Crippen LogP contribution in [0.2, 0.25) is 0 Å². The Hall–Kier alpha value is -3.08. The van der Waals surface area contributed by atoms with Crippen LogP contribution in [0.1, 0.15) is 23.5 Å². The van der Waals surface area contributed by atoms with Crippen molar-refractivity contribution < 1.29 is 19.4 Å². The van der Waals surface area contributed by atoms with E-state index in [2.05, 4.69) is 36.2 Å². The van der Waals surface area contributed by atoms with E-state index in [9.17, 15) is 9.59 Å². The molecular formula is C20H19NO4. The molecule has 2 aromatic rings. The maximum atomic E-state index is 11.9. The summed E-state index contributed by atoms with van der Waals surface area (Å²) >= 11 is 0. The Morgan fingerprint density at radius 2 is 1.60 bits per heavy atom. The highest BCUT2D eigenvalue weighted by Crippen LogP contribution is 2.44. The molecule has 1 aliphatic carbocycles. The summed E-state index contributed by atoms with van der Waals surface area (Å²) in [5.74, 6) is -1.05. The zero-order chi connectivity index (χ0) is 17.8. The van der Waals surface area contributed by atoms with Gasteiger partial charge in [0.05, 0.1) is 0 Å². The van der Waals surface area contributed by atoms with Crippen molar-refractivity contribution in [1.29, 1.82) is 0 Å². The fourth-order valence-corrected chi connectivity index (χ4v) is 3.07. The number of carboxylic acid groups (broad SMARTS) is 1. The molecule has 0 heterocycles. The number of benzene rings is 2. The van der Waals surface area contributed by atoms with Gasteiger partial charge in [-0.05, 0) is 28.7 Å². The zero-order valence-electron chi connectivity index (χ0n) is 13.7. The van der Waals surface area contributed by atoms with Crippen LogP contribution in [-0.2, 0) is 9.53 Å². The van der Waals surface area contributed by atoms with Gasteiger partial charge in [0.25, 0.3) is 0 Å². The first kappa shape index (κ1) is 16.8. The van der Waals surface area contributed by atoms with Crippen molar-refractivity contribution in [2.75, 3.05) is 13.2 Å². The monoisotopic (exact) mass is 337 g/mol. The summed E-state index contributed by atoms with van der Waals surface area (Å²) in [5, 5.41) is 11.3. The van der Waals surface area contributed by atoms with Gasteiger partial charge in [0, 0.05) is 18.0 Å². The van der Waals surface area contributed by atoms with Crippen molar-refractivity contribution in [3.63, 3.8) is 0 Å². The van der Waals surface area contributed by atoms with E-state index < -0.39 is 12.1 Å². The van der Waals surface area contributed by atoms with Crippen molar-refractivity contribution >= 4 is 12.1 Å². The highest BCUT2D eigenvalue weighted by molar-refractivity contribution is 5.85. The van der Waals surface area contributed by atoms with E-state index in [1.54, 1.807) is 0 Å². The number of carboxylic acids is 1. The molecule has 0 saturated carbocycles. The summed E-state index contributed by atoms with van der Waals surface area (Å²) in [5.41, 5.74) is 4.69. The fourth-order valence-electron chi connectivity index (χ4n) is 3.07. The van der Waals surface area contributed by atoms with Crippen LogP contribution in [-0.4, -0.2) is 30.3 Å². The molecule has 2 N–H and O–H groups in total. The molecule has 0 aliphatic heterocycles. The zero-order valence-corrected chi connectivity index (χ0v) is 13.7. The van der Waals surface area contributed by atoms with E-state index in [1.165, 1.54) is 11.1 Å². The van der Waals surface area contributed by atoms with E-state index in [-0.39, 0.29) is 31.1 Å². The van der Waals surface area contributed by atoms with E-state index in [0.717, 1.165) is 11.1 Å². The maximum Gasteiger partial charge on any atom is 0.407 e. The lowest BCUT2D eigenvalue weighted by Crippen LogP contribution is -2.27. The van der Waals surface area contributed by atoms with Gasteiger partial charge in [-0.1, -0.05) is 55.1 Å². The number of amides is 1. The number of aliphatic carboxylic acids is 1. The van der Waals surface area contributed by atoms with Gasteiger partial charge in [-0.15, -0.1) is 0 Å². The SMILES string of the molecule is C=C(CCNC(=O)OCC1c2ccccc2-c2ccccc21)C(=O)O.